The Balaban J connectivity index is 0.00000200. The summed E-state index contributed by atoms with van der Waals surface area (Å²) in [6.45, 7) is 2.49. The minimum absolute atomic E-state index is 0. The third-order valence-corrected chi connectivity index (χ3v) is 3.71. The molecule has 0 radical (unpaired) electrons. The highest BCUT2D eigenvalue weighted by molar-refractivity contribution is 5.85. The highest BCUT2D eigenvalue weighted by Gasteiger charge is 2.32. The molecule has 1 atom stereocenters. The van der Waals surface area contributed by atoms with Crippen molar-refractivity contribution < 1.29 is 13.5 Å². The molecule has 0 saturated carbocycles. The normalized spacial score (nSPS) is 22.9. The minimum atomic E-state index is -2.78. The summed E-state index contributed by atoms with van der Waals surface area (Å²) in [4.78, 5) is 2.24. The predicted octanol–water partition coefficient (Wildman–Crippen LogP) is 2.88. The Morgan fingerprint density at radius 2 is 2.10 bits per heavy atom. The zero-order chi connectivity index (χ0) is 13.9. The SMILES string of the molecule is CC1(CN)CCN(Cc2ccccc2OC(F)F)C1.Cl. The summed E-state index contributed by atoms with van der Waals surface area (Å²) in [6.07, 6.45) is 1.04. The molecule has 6 heteroatoms. The molecule has 0 amide bonds. The summed E-state index contributed by atoms with van der Waals surface area (Å²) in [6, 6.07) is 6.95. The number of benzene rings is 1. The lowest BCUT2D eigenvalue weighted by molar-refractivity contribution is -0.0507. The second kappa shape index (κ2) is 7.20. The van der Waals surface area contributed by atoms with E-state index in [-0.39, 0.29) is 23.6 Å². The van der Waals surface area contributed by atoms with Crippen molar-refractivity contribution in [1.82, 2.24) is 4.90 Å². The van der Waals surface area contributed by atoms with E-state index in [2.05, 4.69) is 16.6 Å². The first-order valence-corrected chi connectivity index (χ1v) is 6.47. The number of halogens is 3. The molecule has 1 aromatic carbocycles. The maximum absolute atomic E-state index is 12.3. The van der Waals surface area contributed by atoms with E-state index >= 15 is 0 Å². The summed E-state index contributed by atoms with van der Waals surface area (Å²) in [5.41, 5.74) is 6.70. The number of hydrogen-bond donors (Lipinski definition) is 1. The molecular weight excluding hydrogens is 286 g/mol. The van der Waals surface area contributed by atoms with Gasteiger partial charge in [0.25, 0.3) is 0 Å². The number of ether oxygens (including phenoxy) is 1. The quantitative estimate of drug-likeness (QED) is 0.909. The van der Waals surface area contributed by atoms with E-state index in [4.69, 9.17) is 5.73 Å². The molecule has 114 valence electrons. The van der Waals surface area contributed by atoms with Gasteiger partial charge in [-0.05, 0) is 31.0 Å². The molecule has 20 heavy (non-hydrogen) atoms. The van der Waals surface area contributed by atoms with Crippen molar-refractivity contribution in [3.8, 4) is 5.75 Å². The number of nitrogens with two attached hydrogens (primary N) is 1. The molecule has 1 saturated heterocycles. The number of rotatable bonds is 5. The van der Waals surface area contributed by atoms with Gasteiger partial charge in [0.1, 0.15) is 5.75 Å². The highest BCUT2D eigenvalue weighted by atomic mass is 35.5. The van der Waals surface area contributed by atoms with Gasteiger partial charge in [-0.15, -0.1) is 12.4 Å². The van der Waals surface area contributed by atoms with Gasteiger partial charge in [-0.25, -0.2) is 0 Å². The maximum Gasteiger partial charge on any atom is 0.387 e. The molecular formula is C14H21ClF2N2O. The van der Waals surface area contributed by atoms with Gasteiger partial charge < -0.3 is 10.5 Å². The van der Waals surface area contributed by atoms with Gasteiger partial charge >= 0.3 is 6.61 Å². The summed E-state index contributed by atoms with van der Waals surface area (Å²) >= 11 is 0. The van der Waals surface area contributed by atoms with E-state index in [0.29, 0.717) is 13.1 Å². The zero-order valence-corrected chi connectivity index (χ0v) is 12.3. The summed E-state index contributed by atoms with van der Waals surface area (Å²) < 4.78 is 29.2. The molecule has 0 spiro atoms. The Hall–Kier alpha value is -0.910. The molecule has 2 rings (SSSR count). The maximum atomic E-state index is 12.3. The summed E-state index contributed by atoms with van der Waals surface area (Å²) in [5, 5.41) is 0. The average molecular weight is 307 g/mol. The first-order valence-electron chi connectivity index (χ1n) is 6.47. The van der Waals surface area contributed by atoms with Gasteiger partial charge in [0.15, 0.2) is 0 Å². The number of likely N-dealkylation sites (tertiary alicyclic amines) is 1. The van der Waals surface area contributed by atoms with Crippen molar-refractivity contribution in [3.63, 3.8) is 0 Å². The summed E-state index contributed by atoms with van der Waals surface area (Å²) in [7, 11) is 0. The standard InChI is InChI=1S/C14H20F2N2O.ClH/c1-14(9-17)6-7-18(10-14)8-11-4-2-3-5-12(11)19-13(15)16;/h2-5,13H,6-10,17H2,1H3;1H. The Morgan fingerprint density at radius 3 is 2.70 bits per heavy atom. The van der Waals surface area contributed by atoms with Crippen LogP contribution in [-0.2, 0) is 6.54 Å². The van der Waals surface area contributed by atoms with Gasteiger partial charge in [0.05, 0.1) is 0 Å². The van der Waals surface area contributed by atoms with E-state index < -0.39 is 6.61 Å². The van der Waals surface area contributed by atoms with Crippen molar-refractivity contribution in [2.75, 3.05) is 19.6 Å². The monoisotopic (exact) mass is 306 g/mol. The van der Waals surface area contributed by atoms with E-state index in [9.17, 15) is 8.78 Å². The van der Waals surface area contributed by atoms with Gasteiger partial charge in [-0.2, -0.15) is 8.78 Å². The molecule has 0 aromatic heterocycles. The van der Waals surface area contributed by atoms with E-state index in [1.54, 1.807) is 12.1 Å². The second-order valence-corrected chi connectivity index (χ2v) is 5.46. The fourth-order valence-electron chi connectivity index (χ4n) is 2.51. The van der Waals surface area contributed by atoms with Crippen molar-refractivity contribution >= 4 is 12.4 Å². The van der Waals surface area contributed by atoms with Crippen molar-refractivity contribution in [2.45, 2.75) is 26.5 Å². The van der Waals surface area contributed by atoms with Crippen LogP contribution in [0.15, 0.2) is 24.3 Å². The average Bonchev–Trinajstić information content (AvgIpc) is 2.74. The molecule has 1 heterocycles. The first kappa shape index (κ1) is 17.1. The lowest BCUT2D eigenvalue weighted by Crippen LogP contribution is -2.31. The predicted molar refractivity (Wildman–Crippen MR) is 77.4 cm³/mol. The number of nitrogens with zero attached hydrogens (tertiary/aromatic N) is 1. The molecule has 1 aliphatic rings. The number of alkyl halides is 2. The topological polar surface area (TPSA) is 38.5 Å². The number of para-hydroxylation sites is 1. The van der Waals surface area contributed by atoms with E-state index in [0.717, 1.165) is 25.1 Å². The first-order chi connectivity index (χ1) is 9.02. The second-order valence-electron chi connectivity index (χ2n) is 5.46. The van der Waals surface area contributed by atoms with Crippen molar-refractivity contribution in [3.05, 3.63) is 29.8 Å². The van der Waals surface area contributed by atoms with Crippen LogP contribution in [-0.4, -0.2) is 31.1 Å². The molecule has 1 fully saturated rings. The Kier molecular flexibility index (Phi) is 6.17. The fraction of sp³-hybridized carbons (Fsp3) is 0.571. The Morgan fingerprint density at radius 1 is 1.40 bits per heavy atom. The van der Waals surface area contributed by atoms with Gasteiger partial charge in [-0.3, -0.25) is 4.90 Å². The van der Waals surface area contributed by atoms with Crippen LogP contribution in [0, 0.1) is 5.41 Å². The largest absolute Gasteiger partial charge is 0.434 e. The Labute approximate surface area is 124 Å². The minimum Gasteiger partial charge on any atom is -0.434 e. The van der Waals surface area contributed by atoms with Crippen LogP contribution < -0.4 is 10.5 Å². The molecule has 1 unspecified atom stereocenters. The van der Waals surface area contributed by atoms with E-state index in [1.807, 2.05) is 12.1 Å². The lowest BCUT2D eigenvalue weighted by Gasteiger charge is -2.23. The molecule has 3 nitrogen and oxygen atoms in total. The van der Waals surface area contributed by atoms with Crippen LogP contribution in [0.3, 0.4) is 0 Å². The van der Waals surface area contributed by atoms with Gasteiger partial charge in [-0.1, -0.05) is 25.1 Å². The molecule has 0 aliphatic carbocycles. The van der Waals surface area contributed by atoms with Crippen molar-refractivity contribution in [1.29, 1.82) is 0 Å². The Bertz CT molecular complexity index is 433. The van der Waals surface area contributed by atoms with Crippen molar-refractivity contribution in [2.24, 2.45) is 11.1 Å². The molecule has 2 N–H and O–H groups in total. The molecule has 1 aromatic rings. The highest BCUT2D eigenvalue weighted by Crippen LogP contribution is 2.31. The smallest absolute Gasteiger partial charge is 0.387 e. The third kappa shape index (κ3) is 4.30. The number of hydrogen-bond acceptors (Lipinski definition) is 3. The van der Waals surface area contributed by atoms with E-state index in [1.165, 1.54) is 0 Å². The van der Waals surface area contributed by atoms with Crippen LogP contribution in [0.25, 0.3) is 0 Å². The van der Waals surface area contributed by atoms with Crippen LogP contribution in [0.1, 0.15) is 18.9 Å². The van der Waals surface area contributed by atoms with Crippen LogP contribution in [0.4, 0.5) is 8.78 Å². The fourth-order valence-corrected chi connectivity index (χ4v) is 2.51. The van der Waals surface area contributed by atoms with Crippen LogP contribution in [0.5, 0.6) is 5.75 Å². The van der Waals surface area contributed by atoms with Crippen LogP contribution >= 0.6 is 12.4 Å². The van der Waals surface area contributed by atoms with Gasteiger partial charge in [0.2, 0.25) is 0 Å². The third-order valence-electron chi connectivity index (χ3n) is 3.71. The summed E-state index contributed by atoms with van der Waals surface area (Å²) in [5.74, 6) is 0.263. The van der Waals surface area contributed by atoms with Crippen LogP contribution in [0.2, 0.25) is 0 Å². The lowest BCUT2D eigenvalue weighted by atomic mass is 9.90. The molecule has 0 bridgehead atoms. The van der Waals surface area contributed by atoms with Gasteiger partial charge in [0, 0.05) is 18.7 Å². The zero-order valence-electron chi connectivity index (χ0n) is 11.5. The molecule has 1 aliphatic heterocycles.